The number of aromatic nitrogens is 2. The van der Waals surface area contributed by atoms with Crippen molar-refractivity contribution in [3.63, 3.8) is 0 Å². The van der Waals surface area contributed by atoms with Crippen molar-refractivity contribution in [2.24, 2.45) is 0 Å². The maximum Gasteiger partial charge on any atom is 0.0782 e. The maximum absolute atomic E-state index is 2.52. The molecule has 0 saturated carbocycles. The predicted molar refractivity (Wildman–Crippen MR) is 295 cm³/mol. The van der Waals surface area contributed by atoms with Gasteiger partial charge in [0.2, 0.25) is 0 Å². The zero-order valence-electron chi connectivity index (χ0n) is 37.5. The third kappa shape index (κ3) is 5.44. The van der Waals surface area contributed by atoms with Crippen molar-refractivity contribution >= 4 is 125 Å². The van der Waals surface area contributed by atoms with Crippen molar-refractivity contribution in [2.75, 3.05) is 4.90 Å². The Bertz CT molecular complexity index is 4380. The fourth-order valence-electron chi connectivity index (χ4n) is 12.0. The number of nitrogens with zero attached hydrogens (tertiary/aromatic N) is 3. The predicted octanol–water partition coefficient (Wildman–Crippen LogP) is 18.3. The molecule has 0 bridgehead atoms. The second-order valence-corrected chi connectivity index (χ2v) is 18.4. The van der Waals surface area contributed by atoms with E-state index in [-0.39, 0.29) is 0 Å². The highest BCUT2D eigenvalue weighted by atomic mass is 15.1. The lowest BCUT2D eigenvalue weighted by Crippen LogP contribution is -2.10. The fraction of sp³-hybridized carbons (Fsp3) is 0. The molecule has 0 atom stereocenters. The van der Waals surface area contributed by atoms with E-state index in [1.54, 1.807) is 0 Å². The molecule has 0 fully saturated rings. The van der Waals surface area contributed by atoms with Gasteiger partial charge in [0.05, 0.1) is 33.4 Å². The van der Waals surface area contributed by atoms with E-state index in [0.29, 0.717) is 0 Å². The molecule has 0 aliphatic heterocycles. The van der Waals surface area contributed by atoms with Crippen LogP contribution in [-0.4, -0.2) is 9.13 Å². The van der Waals surface area contributed by atoms with Gasteiger partial charge in [0.1, 0.15) is 0 Å². The molecule has 320 valence electrons. The lowest BCUT2D eigenvalue weighted by molar-refractivity contribution is 1.13. The van der Waals surface area contributed by atoms with Gasteiger partial charge in [-0.05, 0) is 131 Å². The summed E-state index contributed by atoms with van der Waals surface area (Å²) in [6.45, 7) is 0. The molecule has 2 heterocycles. The molecule has 0 aliphatic carbocycles. The first kappa shape index (κ1) is 38.0. The molecule has 15 aromatic rings. The highest BCUT2D eigenvalue weighted by Gasteiger charge is 2.25. The Hall–Kier alpha value is -9.18. The molecule has 0 unspecified atom stereocenters. The van der Waals surface area contributed by atoms with E-state index in [1.807, 2.05) is 0 Å². The Balaban J connectivity index is 1.06. The van der Waals surface area contributed by atoms with Crippen LogP contribution in [0, 0.1) is 0 Å². The molecule has 0 saturated heterocycles. The van der Waals surface area contributed by atoms with Gasteiger partial charge in [-0.25, -0.2) is 0 Å². The Morgan fingerprint density at radius 2 is 0.638 bits per heavy atom. The number of fused-ring (bicyclic) bond motifs is 18. The van der Waals surface area contributed by atoms with Gasteiger partial charge in [-0.3, -0.25) is 0 Å². The van der Waals surface area contributed by atoms with Crippen molar-refractivity contribution in [3.8, 4) is 11.4 Å². The van der Waals surface area contributed by atoms with Crippen LogP contribution in [0.2, 0.25) is 0 Å². The van der Waals surface area contributed by atoms with Crippen molar-refractivity contribution in [1.82, 2.24) is 9.13 Å². The molecular weight excluding hydrogens is 835 g/mol. The minimum atomic E-state index is 1.10. The van der Waals surface area contributed by atoms with Crippen LogP contribution < -0.4 is 4.90 Å². The molecule has 13 aromatic carbocycles. The molecule has 0 amide bonds. The maximum atomic E-state index is 2.52. The Kier molecular flexibility index (Phi) is 8.07. The van der Waals surface area contributed by atoms with Gasteiger partial charge < -0.3 is 14.0 Å². The van der Waals surface area contributed by atoms with Gasteiger partial charge in [-0.2, -0.15) is 0 Å². The molecule has 3 nitrogen and oxygen atoms in total. The van der Waals surface area contributed by atoms with Crippen molar-refractivity contribution < 1.29 is 0 Å². The zero-order chi connectivity index (χ0) is 45.2. The smallest absolute Gasteiger partial charge is 0.0782 e. The van der Waals surface area contributed by atoms with E-state index < -0.39 is 0 Å². The number of hydrogen-bond donors (Lipinski definition) is 0. The van der Waals surface area contributed by atoms with Crippen molar-refractivity contribution in [3.05, 3.63) is 249 Å². The quantitative estimate of drug-likeness (QED) is 0.157. The van der Waals surface area contributed by atoms with Gasteiger partial charge in [0.15, 0.2) is 0 Å². The number of anilines is 3. The van der Waals surface area contributed by atoms with Crippen LogP contribution in [0.1, 0.15) is 0 Å². The summed E-state index contributed by atoms with van der Waals surface area (Å²) < 4.78 is 4.95. The van der Waals surface area contributed by atoms with Crippen LogP contribution in [0.3, 0.4) is 0 Å². The summed E-state index contributed by atoms with van der Waals surface area (Å²) >= 11 is 0. The standard InChI is InChI=1S/C66H41N3/c1-2-18-42(19-3-1)68-60-31-14-12-28-55(60)56-30-16-35-64(66(56)68)69-61-32-15-13-29-57(61)65-62(33-17-34-63(65)69)67(43-36-38-53-49-24-6-4-20-45(49)47-22-8-10-26-51(47)58(53)40-43)44-37-39-54-50-25-7-5-21-46(50)48-23-9-11-27-52(48)59(54)41-44/h1-41H. The third-order valence-corrected chi connectivity index (χ3v) is 14.8. The molecule has 2 aromatic heterocycles. The van der Waals surface area contributed by atoms with Crippen LogP contribution in [-0.2, 0) is 0 Å². The zero-order valence-corrected chi connectivity index (χ0v) is 37.5. The van der Waals surface area contributed by atoms with Gasteiger partial charge in [0, 0.05) is 38.6 Å². The largest absolute Gasteiger partial charge is 0.310 e. The summed E-state index contributed by atoms with van der Waals surface area (Å²) in [6, 6.07) is 92.0. The van der Waals surface area contributed by atoms with Gasteiger partial charge in [-0.15, -0.1) is 0 Å². The van der Waals surface area contributed by atoms with Crippen LogP contribution in [0.5, 0.6) is 0 Å². The molecular formula is C66H41N3. The number of benzene rings is 13. The van der Waals surface area contributed by atoms with Crippen LogP contribution in [0.4, 0.5) is 17.1 Å². The first-order chi connectivity index (χ1) is 34.3. The van der Waals surface area contributed by atoms with Gasteiger partial charge in [0.25, 0.3) is 0 Å². The Morgan fingerprint density at radius 1 is 0.246 bits per heavy atom. The third-order valence-electron chi connectivity index (χ3n) is 14.8. The molecule has 3 heteroatoms. The monoisotopic (exact) mass is 875 g/mol. The molecule has 69 heavy (non-hydrogen) atoms. The van der Waals surface area contributed by atoms with Crippen LogP contribution in [0.25, 0.3) is 120 Å². The summed E-state index contributed by atoms with van der Waals surface area (Å²) in [7, 11) is 0. The Labute approximate surface area is 397 Å². The van der Waals surface area contributed by atoms with E-state index in [2.05, 4.69) is 263 Å². The minimum absolute atomic E-state index is 1.10. The first-order valence-corrected chi connectivity index (χ1v) is 23.9. The topological polar surface area (TPSA) is 13.1 Å². The SMILES string of the molecule is c1ccc(-n2c3ccccc3c3cccc(-n4c5ccccc5c5c(N(c6ccc7c8ccccc8c8ccccc8c7c6)c6ccc7c8ccccc8c8ccccc8c7c6)cccc54)c32)cc1. The van der Waals surface area contributed by atoms with Crippen LogP contribution >= 0.6 is 0 Å². The molecule has 15 rings (SSSR count). The second-order valence-electron chi connectivity index (χ2n) is 18.4. The summed E-state index contributed by atoms with van der Waals surface area (Å²) in [5.74, 6) is 0. The summed E-state index contributed by atoms with van der Waals surface area (Å²) in [6.07, 6.45) is 0. The number of para-hydroxylation sites is 4. The van der Waals surface area contributed by atoms with E-state index in [4.69, 9.17) is 0 Å². The Morgan fingerprint density at radius 3 is 1.17 bits per heavy atom. The summed E-state index contributed by atoms with van der Waals surface area (Å²) in [4.78, 5) is 2.52. The lowest BCUT2D eigenvalue weighted by Gasteiger charge is -2.28. The molecule has 0 aliphatic rings. The van der Waals surface area contributed by atoms with E-state index in [1.165, 1.54) is 97.2 Å². The minimum Gasteiger partial charge on any atom is -0.310 e. The average Bonchev–Trinajstić information content (AvgIpc) is 3.95. The van der Waals surface area contributed by atoms with E-state index in [0.717, 1.165) is 39.5 Å². The molecule has 0 spiro atoms. The highest BCUT2D eigenvalue weighted by molar-refractivity contribution is 6.28. The first-order valence-electron chi connectivity index (χ1n) is 23.9. The van der Waals surface area contributed by atoms with Crippen molar-refractivity contribution in [1.29, 1.82) is 0 Å². The lowest BCUT2D eigenvalue weighted by atomic mass is 9.93. The van der Waals surface area contributed by atoms with Crippen LogP contribution in [0.15, 0.2) is 249 Å². The van der Waals surface area contributed by atoms with E-state index >= 15 is 0 Å². The number of rotatable bonds is 5. The van der Waals surface area contributed by atoms with Crippen molar-refractivity contribution in [2.45, 2.75) is 0 Å². The summed E-state index contributed by atoms with van der Waals surface area (Å²) in [5.41, 5.74) is 10.3. The molecule has 0 radical (unpaired) electrons. The fourth-order valence-corrected chi connectivity index (χ4v) is 12.0. The number of hydrogen-bond acceptors (Lipinski definition) is 1. The van der Waals surface area contributed by atoms with E-state index in [9.17, 15) is 0 Å². The van der Waals surface area contributed by atoms with Gasteiger partial charge in [-0.1, -0.05) is 182 Å². The average molecular weight is 876 g/mol. The second kappa shape index (κ2) is 14.7. The highest BCUT2D eigenvalue weighted by Crippen LogP contribution is 2.48. The summed E-state index contributed by atoms with van der Waals surface area (Å²) in [5, 5.41) is 19.9. The normalized spacial score (nSPS) is 12.1. The molecule has 0 N–H and O–H groups in total. The van der Waals surface area contributed by atoms with Gasteiger partial charge >= 0.3 is 0 Å².